The Labute approximate surface area is 168 Å². The Kier molecular flexibility index (Phi) is 5.06. The van der Waals surface area contributed by atoms with E-state index in [9.17, 15) is 9.18 Å². The maximum atomic E-state index is 13.4. The highest BCUT2D eigenvalue weighted by Gasteiger charge is 2.24. The molecule has 0 radical (unpaired) electrons. The van der Waals surface area contributed by atoms with E-state index in [4.69, 9.17) is 0 Å². The number of rotatable bonds is 3. The minimum Gasteiger partial charge on any atom is -0.345 e. The second-order valence-corrected chi connectivity index (χ2v) is 8.54. The number of nitrogens with zero attached hydrogens (tertiary/aromatic N) is 3. The van der Waals surface area contributed by atoms with Crippen LogP contribution in [0.1, 0.15) is 22.3 Å². The van der Waals surface area contributed by atoms with Gasteiger partial charge in [0.1, 0.15) is 5.82 Å². The largest absolute Gasteiger partial charge is 0.345 e. The number of anilines is 1. The van der Waals surface area contributed by atoms with Gasteiger partial charge in [0.2, 0.25) is 5.91 Å². The Morgan fingerprint density at radius 2 is 1.75 bits per heavy atom. The van der Waals surface area contributed by atoms with E-state index in [0.29, 0.717) is 19.5 Å². The van der Waals surface area contributed by atoms with Gasteiger partial charge in [-0.25, -0.2) is 9.37 Å². The van der Waals surface area contributed by atoms with Crippen molar-refractivity contribution in [2.24, 2.45) is 0 Å². The zero-order valence-electron chi connectivity index (χ0n) is 16.5. The molecule has 0 N–H and O–H groups in total. The number of hydrogen-bond acceptors (Lipinski definition) is 4. The van der Waals surface area contributed by atoms with E-state index in [1.54, 1.807) is 6.07 Å². The molecule has 0 spiro atoms. The Balaban J connectivity index is 1.41. The third-order valence-electron chi connectivity index (χ3n) is 5.41. The topological polar surface area (TPSA) is 36.4 Å². The molecule has 4 nitrogen and oxygen atoms in total. The number of halogens is 1. The molecule has 3 aromatic rings. The zero-order chi connectivity index (χ0) is 19.8. The van der Waals surface area contributed by atoms with Crippen molar-refractivity contribution < 1.29 is 9.18 Å². The Morgan fingerprint density at radius 3 is 2.43 bits per heavy atom. The second-order valence-electron chi connectivity index (χ2n) is 7.53. The molecule has 1 saturated heterocycles. The first-order chi connectivity index (χ1) is 13.4. The van der Waals surface area contributed by atoms with Crippen molar-refractivity contribution >= 4 is 32.6 Å². The van der Waals surface area contributed by atoms with Gasteiger partial charge >= 0.3 is 0 Å². The molecule has 1 aliphatic rings. The minimum absolute atomic E-state index is 0.182. The van der Waals surface area contributed by atoms with Gasteiger partial charge in [-0.2, -0.15) is 0 Å². The lowest BCUT2D eigenvalue weighted by Crippen LogP contribution is -2.49. The van der Waals surface area contributed by atoms with Crippen LogP contribution < -0.4 is 4.90 Å². The number of hydrogen-bond donors (Lipinski definition) is 0. The molecule has 6 heteroatoms. The van der Waals surface area contributed by atoms with E-state index < -0.39 is 0 Å². The molecule has 0 saturated carbocycles. The second kappa shape index (κ2) is 7.51. The van der Waals surface area contributed by atoms with Crippen LogP contribution in [0, 0.1) is 26.6 Å². The number of thiazole rings is 1. The summed E-state index contributed by atoms with van der Waals surface area (Å²) in [5, 5.41) is 0.901. The molecule has 1 fully saturated rings. The van der Waals surface area contributed by atoms with Crippen LogP contribution in [0.3, 0.4) is 0 Å². The molecule has 1 aliphatic heterocycles. The van der Waals surface area contributed by atoms with Gasteiger partial charge in [0.25, 0.3) is 0 Å². The summed E-state index contributed by atoms with van der Waals surface area (Å²) < 4.78 is 14.3. The molecule has 2 aromatic carbocycles. The fourth-order valence-corrected chi connectivity index (χ4v) is 4.96. The molecular weight excluding hydrogens is 373 g/mol. The molecule has 146 valence electrons. The van der Waals surface area contributed by atoms with Crippen LogP contribution in [0.5, 0.6) is 0 Å². The zero-order valence-corrected chi connectivity index (χ0v) is 17.3. The molecule has 0 bridgehead atoms. The molecular formula is C22H24FN3OS. The molecule has 1 aromatic heterocycles. The number of carbonyl (C=O) groups is 1. The van der Waals surface area contributed by atoms with Crippen LogP contribution in [0.2, 0.25) is 0 Å². The predicted molar refractivity (Wildman–Crippen MR) is 113 cm³/mol. The lowest BCUT2D eigenvalue weighted by Gasteiger charge is -2.34. The Bertz CT molecular complexity index is 1010. The monoisotopic (exact) mass is 397 g/mol. The van der Waals surface area contributed by atoms with E-state index in [-0.39, 0.29) is 11.7 Å². The van der Waals surface area contributed by atoms with Crippen molar-refractivity contribution in [2.45, 2.75) is 27.2 Å². The SMILES string of the molecule is Cc1cc(C)c(CC(=O)N2CCN(c3nc4ccc(F)cc4s3)CC2)c(C)c1. The highest BCUT2D eigenvalue weighted by Crippen LogP contribution is 2.30. The normalized spacial score (nSPS) is 14.7. The lowest BCUT2D eigenvalue weighted by molar-refractivity contribution is -0.130. The molecule has 0 atom stereocenters. The predicted octanol–water partition coefficient (Wildman–Crippen LogP) is 4.25. The summed E-state index contributed by atoms with van der Waals surface area (Å²) in [6.07, 6.45) is 0.457. The van der Waals surface area contributed by atoms with Crippen molar-refractivity contribution in [3.8, 4) is 0 Å². The van der Waals surface area contributed by atoms with Crippen LogP contribution in [-0.2, 0) is 11.2 Å². The average Bonchev–Trinajstić information content (AvgIpc) is 3.07. The highest BCUT2D eigenvalue weighted by atomic mass is 32.1. The number of benzene rings is 2. The Hall–Kier alpha value is -2.47. The highest BCUT2D eigenvalue weighted by molar-refractivity contribution is 7.22. The van der Waals surface area contributed by atoms with Crippen molar-refractivity contribution in [1.82, 2.24) is 9.88 Å². The van der Waals surface area contributed by atoms with Gasteiger partial charge < -0.3 is 9.80 Å². The number of aromatic nitrogens is 1. The van der Waals surface area contributed by atoms with Gasteiger partial charge in [0.15, 0.2) is 5.13 Å². The van der Waals surface area contributed by atoms with Crippen molar-refractivity contribution in [1.29, 1.82) is 0 Å². The summed E-state index contributed by atoms with van der Waals surface area (Å²) in [6, 6.07) is 8.98. The van der Waals surface area contributed by atoms with Crippen LogP contribution in [0.25, 0.3) is 10.2 Å². The maximum absolute atomic E-state index is 13.4. The van der Waals surface area contributed by atoms with E-state index in [1.165, 1.54) is 40.2 Å². The summed E-state index contributed by atoms with van der Waals surface area (Å²) in [5.41, 5.74) is 5.57. The van der Waals surface area contributed by atoms with Crippen LogP contribution in [-0.4, -0.2) is 42.0 Å². The van der Waals surface area contributed by atoms with Gasteiger partial charge in [-0.05, 0) is 55.7 Å². The van der Waals surface area contributed by atoms with Gasteiger partial charge in [0.05, 0.1) is 16.6 Å². The fourth-order valence-electron chi connectivity index (χ4n) is 3.92. The van der Waals surface area contributed by atoms with Crippen LogP contribution >= 0.6 is 11.3 Å². The quantitative estimate of drug-likeness (QED) is 0.663. The molecule has 28 heavy (non-hydrogen) atoms. The molecule has 0 aliphatic carbocycles. The van der Waals surface area contributed by atoms with Crippen molar-refractivity contribution in [2.75, 3.05) is 31.1 Å². The van der Waals surface area contributed by atoms with Gasteiger partial charge in [-0.1, -0.05) is 29.0 Å². The smallest absolute Gasteiger partial charge is 0.227 e. The molecule has 2 heterocycles. The third kappa shape index (κ3) is 3.74. The standard InChI is InChI=1S/C22H24FN3OS/c1-14-10-15(2)18(16(3)11-14)13-21(27)25-6-8-26(9-7-25)22-24-19-5-4-17(23)12-20(19)28-22/h4-5,10-12H,6-9,13H2,1-3H3. The molecule has 1 amide bonds. The number of piperazine rings is 1. The molecule has 4 rings (SSSR count). The van der Waals surface area contributed by atoms with E-state index >= 15 is 0 Å². The van der Waals surface area contributed by atoms with Crippen LogP contribution in [0.4, 0.5) is 9.52 Å². The van der Waals surface area contributed by atoms with Gasteiger partial charge in [-0.15, -0.1) is 0 Å². The summed E-state index contributed by atoms with van der Waals surface area (Å²) in [4.78, 5) is 21.6. The van der Waals surface area contributed by atoms with Crippen molar-refractivity contribution in [3.05, 3.63) is 58.4 Å². The van der Waals surface area contributed by atoms with E-state index in [2.05, 4.69) is 42.8 Å². The number of amides is 1. The first-order valence-corrected chi connectivity index (χ1v) is 10.4. The van der Waals surface area contributed by atoms with Crippen LogP contribution in [0.15, 0.2) is 30.3 Å². The maximum Gasteiger partial charge on any atom is 0.227 e. The first-order valence-electron chi connectivity index (χ1n) is 9.56. The fraction of sp³-hybridized carbons (Fsp3) is 0.364. The third-order valence-corrected chi connectivity index (χ3v) is 6.49. The van der Waals surface area contributed by atoms with E-state index in [0.717, 1.165) is 34.0 Å². The van der Waals surface area contributed by atoms with Crippen molar-refractivity contribution in [3.63, 3.8) is 0 Å². The number of carbonyl (C=O) groups excluding carboxylic acids is 1. The molecule has 0 unspecified atom stereocenters. The Morgan fingerprint density at radius 1 is 1.07 bits per heavy atom. The lowest BCUT2D eigenvalue weighted by atomic mass is 9.97. The summed E-state index contributed by atoms with van der Waals surface area (Å²) in [6.45, 7) is 9.12. The summed E-state index contributed by atoms with van der Waals surface area (Å²) in [5.74, 6) is -0.0547. The minimum atomic E-state index is -0.236. The summed E-state index contributed by atoms with van der Waals surface area (Å²) in [7, 11) is 0. The van der Waals surface area contributed by atoms with Gasteiger partial charge in [-0.3, -0.25) is 4.79 Å². The number of fused-ring (bicyclic) bond motifs is 1. The number of aryl methyl sites for hydroxylation is 3. The van der Waals surface area contributed by atoms with E-state index in [1.807, 2.05) is 4.90 Å². The van der Waals surface area contributed by atoms with Gasteiger partial charge in [0, 0.05) is 26.2 Å². The first kappa shape index (κ1) is 18.9. The average molecular weight is 398 g/mol. The summed E-state index contributed by atoms with van der Waals surface area (Å²) >= 11 is 1.51.